The number of hydrogen-bond donors (Lipinski definition) is 2. The van der Waals surface area contributed by atoms with Crippen molar-refractivity contribution in [2.24, 2.45) is 5.92 Å². The molecular formula is C20H24ClN5O3S. The summed E-state index contributed by atoms with van der Waals surface area (Å²) in [5.41, 5.74) is 0.107. The Kier molecular flexibility index (Phi) is 6.72. The molecule has 1 aromatic carbocycles. The molecule has 10 heteroatoms. The first-order valence-electron chi connectivity index (χ1n) is 9.61. The molecule has 3 rings (SSSR count). The third kappa shape index (κ3) is 5.34. The van der Waals surface area contributed by atoms with Gasteiger partial charge in [0.1, 0.15) is 5.01 Å². The number of hydrogen-bond acceptors (Lipinski definition) is 6. The van der Waals surface area contributed by atoms with Gasteiger partial charge in [-0.1, -0.05) is 35.1 Å². The minimum Gasteiger partial charge on any atom is -0.352 e. The van der Waals surface area contributed by atoms with Gasteiger partial charge in [-0.05, 0) is 32.9 Å². The van der Waals surface area contributed by atoms with Crippen LogP contribution in [0.25, 0.3) is 0 Å². The number of carbonyl (C=O) groups is 3. The number of halogens is 1. The van der Waals surface area contributed by atoms with E-state index < -0.39 is 5.92 Å². The molecule has 1 atom stereocenters. The summed E-state index contributed by atoms with van der Waals surface area (Å²) in [6.07, 6.45) is 0.673. The number of rotatable bonds is 6. The van der Waals surface area contributed by atoms with Crippen molar-refractivity contribution in [2.45, 2.75) is 39.2 Å². The Morgan fingerprint density at radius 1 is 1.27 bits per heavy atom. The summed E-state index contributed by atoms with van der Waals surface area (Å²) in [5, 5.41) is 15.0. The Morgan fingerprint density at radius 3 is 2.67 bits per heavy atom. The highest BCUT2D eigenvalue weighted by atomic mass is 35.5. The zero-order valence-electron chi connectivity index (χ0n) is 17.1. The summed E-state index contributed by atoms with van der Waals surface area (Å²) in [7, 11) is 0. The van der Waals surface area contributed by atoms with Crippen LogP contribution in [0.2, 0.25) is 5.02 Å². The van der Waals surface area contributed by atoms with Crippen molar-refractivity contribution >= 4 is 45.8 Å². The van der Waals surface area contributed by atoms with Crippen molar-refractivity contribution in [1.82, 2.24) is 20.4 Å². The van der Waals surface area contributed by atoms with E-state index in [9.17, 15) is 14.4 Å². The number of carbonyl (C=O) groups excluding carboxylic acids is 3. The molecule has 1 aromatic heterocycles. The van der Waals surface area contributed by atoms with E-state index in [0.717, 1.165) is 0 Å². The maximum absolute atomic E-state index is 12.5. The van der Waals surface area contributed by atoms with Gasteiger partial charge in [0.25, 0.3) is 5.91 Å². The van der Waals surface area contributed by atoms with Gasteiger partial charge in [-0.15, -0.1) is 10.2 Å². The van der Waals surface area contributed by atoms with Crippen molar-refractivity contribution in [2.75, 3.05) is 18.4 Å². The summed E-state index contributed by atoms with van der Waals surface area (Å²) in [5.74, 6) is -0.911. The average molecular weight is 450 g/mol. The Morgan fingerprint density at radius 2 is 2.00 bits per heavy atom. The molecule has 1 aliphatic heterocycles. The lowest BCUT2D eigenvalue weighted by atomic mass is 10.1. The maximum Gasteiger partial charge on any atom is 0.252 e. The van der Waals surface area contributed by atoms with E-state index in [-0.39, 0.29) is 29.7 Å². The third-order valence-corrected chi connectivity index (χ3v) is 5.97. The van der Waals surface area contributed by atoms with Gasteiger partial charge in [0, 0.05) is 31.5 Å². The Hall–Kier alpha value is -2.52. The van der Waals surface area contributed by atoms with Crippen LogP contribution < -0.4 is 10.6 Å². The van der Waals surface area contributed by atoms with Crippen LogP contribution in [-0.2, 0) is 16.0 Å². The van der Waals surface area contributed by atoms with Crippen LogP contribution in [0.15, 0.2) is 24.3 Å². The minimum atomic E-state index is -0.404. The lowest BCUT2D eigenvalue weighted by molar-refractivity contribution is -0.131. The molecular weight excluding hydrogens is 426 g/mol. The summed E-state index contributed by atoms with van der Waals surface area (Å²) in [6, 6.07) is 6.83. The van der Waals surface area contributed by atoms with Crippen LogP contribution in [0.4, 0.5) is 5.13 Å². The Labute approximate surface area is 184 Å². The molecule has 0 aliphatic carbocycles. The quantitative estimate of drug-likeness (QED) is 0.705. The molecule has 1 saturated heterocycles. The van der Waals surface area contributed by atoms with Crippen LogP contribution in [0.3, 0.4) is 0 Å². The van der Waals surface area contributed by atoms with E-state index in [1.807, 2.05) is 20.8 Å². The van der Waals surface area contributed by atoms with Gasteiger partial charge in [0.15, 0.2) is 0 Å². The van der Waals surface area contributed by atoms with Crippen LogP contribution in [0.1, 0.15) is 42.6 Å². The van der Waals surface area contributed by atoms with Gasteiger partial charge < -0.3 is 15.5 Å². The molecule has 0 spiro atoms. The molecule has 2 aromatic rings. The number of anilines is 1. The monoisotopic (exact) mass is 449 g/mol. The van der Waals surface area contributed by atoms with Crippen molar-refractivity contribution in [1.29, 1.82) is 0 Å². The number of likely N-dealkylation sites (tertiary alicyclic amines) is 1. The highest BCUT2D eigenvalue weighted by Gasteiger charge is 2.39. The third-order valence-electron chi connectivity index (χ3n) is 4.75. The molecule has 8 nitrogen and oxygen atoms in total. The predicted molar refractivity (Wildman–Crippen MR) is 116 cm³/mol. The van der Waals surface area contributed by atoms with E-state index in [0.29, 0.717) is 40.2 Å². The normalized spacial score (nSPS) is 16.6. The van der Waals surface area contributed by atoms with Crippen molar-refractivity contribution in [3.05, 3.63) is 39.9 Å². The zero-order chi connectivity index (χ0) is 21.9. The van der Waals surface area contributed by atoms with Gasteiger partial charge in [0.2, 0.25) is 16.9 Å². The highest BCUT2D eigenvalue weighted by molar-refractivity contribution is 7.15. The van der Waals surface area contributed by atoms with E-state index in [4.69, 9.17) is 11.6 Å². The molecule has 30 heavy (non-hydrogen) atoms. The molecule has 0 bridgehead atoms. The fraction of sp³-hybridized carbons (Fsp3) is 0.450. The fourth-order valence-electron chi connectivity index (χ4n) is 3.17. The van der Waals surface area contributed by atoms with Gasteiger partial charge in [-0.3, -0.25) is 14.4 Å². The second-order valence-electron chi connectivity index (χ2n) is 8.05. The highest BCUT2D eigenvalue weighted by Crippen LogP contribution is 2.27. The number of nitrogens with zero attached hydrogens (tertiary/aromatic N) is 3. The Bertz CT molecular complexity index is 956. The predicted octanol–water partition coefficient (Wildman–Crippen LogP) is 2.75. The van der Waals surface area contributed by atoms with Crippen LogP contribution >= 0.6 is 22.9 Å². The Balaban J connectivity index is 1.48. The zero-order valence-corrected chi connectivity index (χ0v) is 18.6. The number of amides is 3. The summed E-state index contributed by atoms with van der Waals surface area (Å²) in [6.45, 7) is 6.62. The fourth-order valence-corrected chi connectivity index (χ4v) is 4.13. The maximum atomic E-state index is 12.5. The second-order valence-corrected chi connectivity index (χ2v) is 9.52. The lowest BCUT2D eigenvalue weighted by Crippen LogP contribution is -2.42. The van der Waals surface area contributed by atoms with Gasteiger partial charge in [0.05, 0.1) is 16.5 Å². The molecule has 2 N–H and O–H groups in total. The topological polar surface area (TPSA) is 104 Å². The van der Waals surface area contributed by atoms with E-state index in [1.165, 1.54) is 11.3 Å². The molecule has 1 fully saturated rings. The number of nitrogens with one attached hydrogen (secondary N) is 2. The van der Waals surface area contributed by atoms with E-state index in [1.54, 1.807) is 29.2 Å². The summed E-state index contributed by atoms with van der Waals surface area (Å²) < 4.78 is 0. The molecule has 160 valence electrons. The van der Waals surface area contributed by atoms with Crippen LogP contribution in [-0.4, -0.2) is 51.4 Å². The first-order chi connectivity index (χ1) is 14.1. The standard InChI is InChI=1S/C20H24ClN5O3S/c1-20(2,3)26-11-12(10-16(26)27)17(28)23-19-25-24-15(30-19)8-9-22-18(29)13-6-4-5-7-14(13)21/h4-7,12H,8-11H2,1-3H3,(H,22,29)(H,23,25,28). The molecule has 1 unspecified atom stereocenters. The van der Waals surface area contributed by atoms with Crippen LogP contribution in [0.5, 0.6) is 0 Å². The van der Waals surface area contributed by atoms with Gasteiger partial charge in [-0.2, -0.15) is 0 Å². The number of benzene rings is 1. The van der Waals surface area contributed by atoms with Gasteiger partial charge in [-0.25, -0.2) is 0 Å². The molecule has 1 aliphatic rings. The first kappa shape index (κ1) is 22.2. The van der Waals surface area contributed by atoms with Gasteiger partial charge >= 0.3 is 0 Å². The van der Waals surface area contributed by atoms with Crippen molar-refractivity contribution < 1.29 is 14.4 Å². The molecule has 3 amide bonds. The number of aromatic nitrogens is 2. The molecule has 0 saturated carbocycles. The summed E-state index contributed by atoms with van der Waals surface area (Å²) in [4.78, 5) is 38.6. The smallest absolute Gasteiger partial charge is 0.252 e. The average Bonchev–Trinajstić information content (AvgIpc) is 3.28. The molecule has 2 heterocycles. The second kappa shape index (κ2) is 9.09. The lowest BCUT2D eigenvalue weighted by Gasteiger charge is -2.31. The van der Waals surface area contributed by atoms with E-state index >= 15 is 0 Å². The first-order valence-corrected chi connectivity index (χ1v) is 10.8. The van der Waals surface area contributed by atoms with E-state index in [2.05, 4.69) is 20.8 Å². The van der Waals surface area contributed by atoms with Crippen LogP contribution in [0, 0.1) is 5.92 Å². The minimum absolute atomic E-state index is 0.0186. The van der Waals surface area contributed by atoms with Crippen molar-refractivity contribution in [3.8, 4) is 0 Å². The SMILES string of the molecule is CC(C)(C)N1CC(C(=O)Nc2nnc(CCNC(=O)c3ccccc3Cl)s2)CC1=O. The largest absolute Gasteiger partial charge is 0.352 e. The van der Waals surface area contributed by atoms with Crippen molar-refractivity contribution in [3.63, 3.8) is 0 Å². The summed E-state index contributed by atoms with van der Waals surface area (Å²) >= 11 is 7.27. The molecule has 0 radical (unpaired) electrons.